The van der Waals surface area contributed by atoms with Crippen molar-refractivity contribution in [2.45, 2.75) is 0 Å². The number of carbonyl (C=O) groups is 3. The van der Waals surface area contributed by atoms with Crippen LogP contribution in [0.4, 0.5) is 17.1 Å². The molecule has 170 valence electrons. The third-order valence-electron chi connectivity index (χ3n) is 4.71. The van der Waals surface area contributed by atoms with Crippen molar-refractivity contribution in [2.75, 3.05) is 4.90 Å². The highest BCUT2D eigenvalue weighted by molar-refractivity contribution is 5.87. The number of aliphatic carboxylic acids is 3. The van der Waals surface area contributed by atoms with Crippen molar-refractivity contribution in [3.63, 3.8) is 0 Å². The molecule has 0 aliphatic rings. The number of benzene rings is 3. The Morgan fingerprint density at radius 1 is 0.471 bits per heavy atom. The first-order chi connectivity index (χ1) is 16.3. The van der Waals surface area contributed by atoms with Crippen LogP contribution in [0.2, 0.25) is 0 Å². The molecule has 7 nitrogen and oxygen atoms in total. The van der Waals surface area contributed by atoms with Crippen LogP contribution in [0.15, 0.2) is 91.0 Å². The van der Waals surface area contributed by atoms with Crippen molar-refractivity contribution in [3.8, 4) is 0 Å². The van der Waals surface area contributed by atoms with Crippen LogP contribution in [0.3, 0.4) is 0 Å². The Bertz CT molecular complexity index is 1090. The molecule has 7 heteroatoms. The number of carboxylic acids is 3. The SMILES string of the molecule is O=C(O)/C=C/c1ccc(N(c2ccc(/C=C/C(=O)O)cc2)c2ccc(/C=C/C(=O)O)cc2)cc1. The van der Waals surface area contributed by atoms with Gasteiger partial charge in [0.25, 0.3) is 0 Å². The van der Waals surface area contributed by atoms with E-state index in [2.05, 4.69) is 0 Å². The van der Waals surface area contributed by atoms with Gasteiger partial charge in [0.15, 0.2) is 0 Å². The van der Waals surface area contributed by atoms with Crippen LogP contribution in [0.5, 0.6) is 0 Å². The van der Waals surface area contributed by atoms with E-state index in [-0.39, 0.29) is 0 Å². The smallest absolute Gasteiger partial charge is 0.328 e. The van der Waals surface area contributed by atoms with Gasteiger partial charge in [-0.25, -0.2) is 14.4 Å². The third-order valence-corrected chi connectivity index (χ3v) is 4.71. The van der Waals surface area contributed by atoms with E-state index in [1.807, 2.05) is 41.3 Å². The van der Waals surface area contributed by atoms with Gasteiger partial charge in [0, 0.05) is 35.3 Å². The molecule has 3 N–H and O–H groups in total. The number of hydrogen-bond acceptors (Lipinski definition) is 4. The lowest BCUT2D eigenvalue weighted by Gasteiger charge is -2.26. The predicted octanol–water partition coefficient (Wildman–Crippen LogP) is 5.45. The molecule has 0 atom stereocenters. The van der Waals surface area contributed by atoms with E-state index in [1.165, 1.54) is 18.2 Å². The van der Waals surface area contributed by atoms with Crippen LogP contribution < -0.4 is 4.90 Å². The lowest BCUT2D eigenvalue weighted by atomic mass is 10.1. The second-order valence-corrected chi connectivity index (χ2v) is 7.12. The van der Waals surface area contributed by atoms with Crippen LogP contribution in [0.25, 0.3) is 18.2 Å². The molecule has 0 bridgehead atoms. The van der Waals surface area contributed by atoms with Crippen molar-refractivity contribution < 1.29 is 29.7 Å². The Hall–Kier alpha value is -4.91. The van der Waals surface area contributed by atoms with Crippen LogP contribution in [-0.4, -0.2) is 33.2 Å². The molecule has 3 aromatic carbocycles. The standard InChI is InChI=1S/C27H21NO6/c29-25(30)16-7-19-1-10-22(11-2-19)28(23-12-3-20(4-13-23)8-17-26(31)32)24-14-5-21(6-15-24)9-18-27(33)34/h1-18H,(H,29,30)(H,31,32)(H,33,34)/b16-7+,17-8+,18-9+. The summed E-state index contributed by atoms with van der Waals surface area (Å²) in [6.45, 7) is 0. The van der Waals surface area contributed by atoms with E-state index in [9.17, 15) is 14.4 Å². The van der Waals surface area contributed by atoms with E-state index in [0.29, 0.717) is 0 Å². The monoisotopic (exact) mass is 455 g/mol. The van der Waals surface area contributed by atoms with Crippen molar-refractivity contribution >= 4 is 53.2 Å². The highest BCUT2D eigenvalue weighted by Gasteiger charge is 2.12. The molecule has 0 unspecified atom stereocenters. The van der Waals surface area contributed by atoms with Crippen molar-refractivity contribution in [3.05, 3.63) is 108 Å². The molecule has 3 rings (SSSR count). The molecule has 0 saturated carbocycles. The maximum Gasteiger partial charge on any atom is 0.328 e. The Kier molecular flexibility index (Phi) is 7.75. The van der Waals surface area contributed by atoms with Crippen LogP contribution in [0, 0.1) is 0 Å². The molecule has 0 amide bonds. The third kappa shape index (κ3) is 6.80. The van der Waals surface area contributed by atoms with E-state index < -0.39 is 17.9 Å². The number of rotatable bonds is 9. The normalized spacial score (nSPS) is 11.3. The quantitative estimate of drug-likeness (QED) is 0.368. The lowest BCUT2D eigenvalue weighted by Crippen LogP contribution is -2.09. The molecule has 0 aliphatic heterocycles. The van der Waals surface area contributed by atoms with Gasteiger partial charge in [-0.2, -0.15) is 0 Å². The highest BCUT2D eigenvalue weighted by Crippen LogP contribution is 2.35. The summed E-state index contributed by atoms with van der Waals surface area (Å²) in [4.78, 5) is 34.3. The molecule has 0 saturated heterocycles. The fourth-order valence-corrected chi connectivity index (χ4v) is 3.15. The first-order valence-corrected chi connectivity index (χ1v) is 10.2. The Balaban J connectivity index is 1.99. The second kappa shape index (κ2) is 11.1. The first-order valence-electron chi connectivity index (χ1n) is 10.2. The fraction of sp³-hybridized carbons (Fsp3) is 0. The summed E-state index contributed by atoms with van der Waals surface area (Å²) in [5.41, 5.74) is 4.64. The van der Waals surface area contributed by atoms with Crippen molar-refractivity contribution in [1.82, 2.24) is 0 Å². The summed E-state index contributed by atoms with van der Waals surface area (Å²) >= 11 is 0. The minimum Gasteiger partial charge on any atom is -0.478 e. The minimum absolute atomic E-state index is 0.731. The van der Waals surface area contributed by atoms with E-state index >= 15 is 0 Å². The minimum atomic E-state index is -1.03. The average Bonchev–Trinajstić information content (AvgIpc) is 2.82. The maximum absolute atomic E-state index is 10.8. The Morgan fingerprint density at radius 2 is 0.706 bits per heavy atom. The Morgan fingerprint density at radius 3 is 0.912 bits per heavy atom. The zero-order valence-electron chi connectivity index (χ0n) is 17.9. The molecule has 3 aromatic rings. The first kappa shape index (κ1) is 23.7. The number of carboxylic acid groups (broad SMARTS) is 3. The molecule has 0 heterocycles. The second-order valence-electron chi connectivity index (χ2n) is 7.12. The predicted molar refractivity (Wildman–Crippen MR) is 131 cm³/mol. The molecular weight excluding hydrogens is 434 g/mol. The van der Waals surface area contributed by atoms with Gasteiger partial charge in [0.05, 0.1) is 0 Å². The molecule has 34 heavy (non-hydrogen) atoms. The van der Waals surface area contributed by atoms with Crippen molar-refractivity contribution in [2.24, 2.45) is 0 Å². The summed E-state index contributed by atoms with van der Waals surface area (Å²) in [5, 5.41) is 26.5. The van der Waals surface area contributed by atoms with Gasteiger partial charge < -0.3 is 20.2 Å². The summed E-state index contributed by atoms with van der Waals surface area (Å²) < 4.78 is 0. The molecule has 0 radical (unpaired) electrons. The highest BCUT2D eigenvalue weighted by atomic mass is 16.4. The van der Waals surface area contributed by atoms with Gasteiger partial charge >= 0.3 is 17.9 Å². The van der Waals surface area contributed by atoms with Gasteiger partial charge in [-0.05, 0) is 71.3 Å². The van der Waals surface area contributed by atoms with Gasteiger partial charge in [0.2, 0.25) is 0 Å². The molecule has 0 fully saturated rings. The summed E-state index contributed by atoms with van der Waals surface area (Å²) in [6.07, 6.45) is 7.72. The number of anilines is 3. The molecular formula is C27H21NO6. The number of nitrogens with zero attached hydrogens (tertiary/aromatic N) is 1. The van der Waals surface area contributed by atoms with E-state index in [4.69, 9.17) is 15.3 Å². The molecule has 0 spiro atoms. The van der Waals surface area contributed by atoms with Crippen LogP contribution in [0.1, 0.15) is 16.7 Å². The zero-order valence-corrected chi connectivity index (χ0v) is 17.9. The van der Waals surface area contributed by atoms with Gasteiger partial charge in [-0.3, -0.25) is 0 Å². The molecule has 0 aliphatic carbocycles. The topological polar surface area (TPSA) is 115 Å². The maximum atomic E-state index is 10.8. The zero-order chi connectivity index (χ0) is 24.5. The fourth-order valence-electron chi connectivity index (χ4n) is 3.15. The molecule has 0 aromatic heterocycles. The summed E-state index contributed by atoms with van der Waals surface area (Å²) in [5.74, 6) is -3.08. The largest absolute Gasteiger partial charge is 0.478 e. The van der Waals surface area contributed by atoms with Crippen molar-refractivity contribution in [1.29, 1.82) is 0 Å². The van der Waals surface area contributed by atoms with E-state index in [1.54, 1.807) is 36.4 Å². The van der Waals surface area contributed by atoms with Gasteiger partial charge in [0.1, 0.15) is 0 Å². The van der Waals surface area contributed by atoms with Crippen LogP contribution in [-0.2, 0) is 14.4 Å². The number of hydrogen-bond donors (Lipinski definition) is 3. The average molecular weight is 455 g/mol. The Labute approximate surface area is 195 Å². The summed E-state index contributed by atoms with van der Waals surface area (Å²) in [7, 11) is 0. The van der Waals surface area contributed by atoms with Gasteiger partial charge in [-0.1, -0.05) is 36.4 Å². The lowest BCUT2D eigenvalue weighted by molar-refractivity contribution is -0.132. The van der Waals surface area contributed by atoms with Gasteiger partial charge in [-0.15, -0.1) is 0 Å². The van der Waals surface area contributed by atoms with E-state index in [0.717, 1.165) is 52.0 Å². The van der Waals surface area contributed by atoms with Crippen LogP contribution >= 0.6 is 0 Å². The summed E-state index contributed by atoms with van der Waals surface area (Å²) in [6, 6.07) is 22.0.